The highest BCUT2D eigenvalue weighted by Crippen LogP contribution is 2.22. The monoisotopic (exact) mass is 277 g/mol. The van der Waals surface area contributed by atoms with E-state index in [1.807, 2.05) is 20.8 Å². The van der Waals surface area contributed by atoms with Gasteiger partial charge in [-0.3, -0.25) is 4.98 Å². The molecule has 2 rings (SSSR count). The number of benzene rings is 1. The zero-order valence-electron chi connectivity index (χ0n) is 10.5. The normalized spacial score (nSPS) is 11.7. The van der Waals surface area contributed by atoms with Crippen molar-refractivity contribution in [3.63, 3.8) is 0 Å². The second-order valence-corrected chi connectivity index (χ2v) is 4.56. The molecule has 2 aromatic rings. The Morgan fingerprint density at radius 1 is 1.21 bits per heavy atom. The summed E-state index contributed by atoms with van der Waals surface area (Å²) < 4.78 is 26.1. The molecule has 96 valence electrons. The minimum absolute atomic E-state index is 0.564. The fourth-order valence-electron chi connectivity index (χ4n) is 1.80. The van der Waals surface area contributed by atoms with Crippen LogP contribution in [0.4, 0.5) is 8.78 Å². The van der Waals surface area contributed by atoms with Crippen molar-refractivity contribution in [1.29, 1.82) is 0 Å². The first-order chi connectivity index (χ1) is 9.02. The Hall–Kier alpha value is -1.68. The molecule has 0 saturated heterocycles. The molecule has 1 nitrogen and oxygen atoms in total. The van der Waals surface area contributed by atoms with Crippen LogP contribution in [0.5, 0.6) is 0 Å². The van der Waals surface area contributed by atoms with Gasteiger partial charge in [0.1, 0.15) is 7.85 Å². The topological polar surface area (TPSA) is 12.9 Å². The molecule has 0 unspecified atom stereocenters. The quantitative estimate of drug-likeness (QED) is 0.769. The number of aromatic nitrogens is 1. The lowest BCUT2D eigenvalue weighted by atomic mass is 9.91. The predicted molar refractivity (Wildman–Crippen MR) is 77.3 cm³/mol. The molecular formula is C14H11BClF2N. The number of allylic oxidation sites excluding steroid dienone is 1. The molecule has 0 aliphatic carbocycles. The molecule has 1 aromatic heterocycles. The highest BCUT2D eigenvalue weighted by atomic mass is 35.5. The molecule has 1 aromatic carbocycles. The number of nitrogens with zero attached hydrogens (tertiary/aromatic N) is 1. The molecule has 0 spiro atoms. The maximum absolute atomic E-state index is 13.2. The molecule has 0 atom stereocenters. The number of rotatable bonds is 2. The minimum atomic E-state index is -0.870. The highest BCUT2D eigenvalue weighted by molar-refractivity contribution is 6.51. The van der Waals surface area contributed by atoms with E-state index in [0.717, 1.165) is 23.2 Å². The largest absolute Gasteiger partial charge is 0.255 e. The fraction of sp³-hybridized carbons (Fsp3) is 0.0714. The summed E-state index contributed by atoms with van der Waals surface area (Å²) >= 11 is 6.03. The Morgan fingerprint density at radius 3 is 2.53 bits per heavy atom. The maximum Gasteiger partial charge on any atom is 0.159 e. The summed E-state index contributed by atoms with van der Waals surface area (Å²) in [5.41, 5.74) is 2.87. The summed E-state index contributed by atoms with van der Waals surface area (Å²) in [6.07, 6.45) is 3.36. The van der Waals surface area contributed by atoms with Gasteiger partial charge in [0, 0.05) is 6.20 Å². The van der Waals surface area contributed by atoms with Crippen molar-refractivity contribution in [3.8, 4) is 11.1 Å². The van der Waals surface area contributed by atoms with Crippen LogP contribution in [0.3, 0.4) is 0 Å². The van der Waals surface area contributed by atoms with E-state index in [1.165, 1.54) is 6.07 Å². The Balaban J connectivity index is 2.47. The SMILES string of the molecule is Bc1cc(-c2ccc(F)c(F)c2)cnc1/C(Cl)=C\C. The molecule has 0 N–H and O–H groups in total. The van der Waals surface area contributed by atoms with Crippen LogP contribution < -0.4 is 5.46 Å². The van der Waals surface area contributed by atoms with Crippen LogP contribution in [0.2, 0.25) is 0 Å². The first-order valence-electron chi connectivity index (χ1n) is 5.77. The van der Waals surface area contributed by atoms with Crippen LogP contribution >= 0.6 is 11.6 Å². The number of pyridine rings is 1. The van der Waals surface area contributed by atoms with Crippen molar-refractivity contribution >= 4 is 29.9 Å². The van der Waals surface area contributed by atoms with Gasteiger partial charge in [0.25, 0.3) is 0 Å². The van der Waals surface area contributed by atoms with E-state index in [-0.39, 0.29) is 0 Å². The van der Waals surface area contributed by atoms with Gasteiger partial charge >= 0.3 is 0 Å². The van der Waals surface area contributed by atoms with Gasteiger partial charge < -0.3 is 0 Å². The lowest BCUT2D eigenvalue weighted by molar-refractivity contribution is 0.509. The van der Waals surface area contributed by atoms with Gasteiger partial charge in [-0.05, 0) is 30.2 Å². The molecule has 0 fully saturated rings. The third-order valence-electron chi connectivity index (χ3n) is 2.81. The van der Waals surface area contributed by atoms with Crippen molar-refractivity contribution in [3.05, 3.63) is 53.9 Å². The summed E-state index contributed by atoms with van der Waals surface area (Å²) in [6.45, 7) is 1.83. The molecule has 5 heteroatoms. The fourth-order valence-corrected chi connectivity index (χ4v) is 1.99. The second kappa shape index (κ2) is 5.53. The van der Waals surface area contributed by atoms with Crippen LogP contribution in [0, 0.1) is 11.6 Å². The summed E-state index contributed by atoms with van der Waals surface area (Å²) in [5.74, 6) is -1.73. The van der Waals surface area contributed by atoms with Crippen molar-refractivity contribution in [2.75, 3.05) is 0 Å². The van der Waals surface area contributed by atoms with Gasteiger partial charge in [0.15, 0.2) is 11.6 Å². The van der Waals surface area contributed by atoms with E-state index in [4.69, 9.17) is 11.6 Å². The van der Waals surface area contributed by atoms with Crippen LogP contribution in [0.15, 0.2) is 36.5 Å². The van der Waals surface area contributed by atoms with E-state index < -0.39 is 11.6 Å². The smallest absolute Gasteiger partial charge is 0.159 e. The number of hydrogen-bond donors (Lipinski definition) is 0. The minimum Gasteiger partial charge on any atom is -0.255 e. The van der Waals surface area contributed by atoms with Gasteiger partial charge in [0.05, 0.1) is 10.7 Å². The van der Waals surface area contributed by atoms with Gasteiger partial charge in [-0.25, -0.2) is 8.78 Å². The molecule has 0 radical (unpaired) electrons. The van der Waals surface area contributed by atoms with E-state index in [9.17, 15) is 8.78 Å². The molecule has 1 heterocycles. The molecule has 0 saturated carbocycles. The van der Waals surface area contributed by atoms with E-state index in [0.29, 0.717) is 16.3 Å². The summed E-state index contributed by atoms with van der Waals surface area (Å²) in [5, 5.41) is 0.564. The molecule has 0 aliphatic heterocycles. The van der Waals surface area contributed by atoms with Crippen LogP contribution in [-0.4, -0.2) is 12.8 Å². The lowest BCUT2D eigenvalue weighted by Gasteiger charge is -2.07. The van der Waals surface area contributed by atoms with Crippen molar-refractivity contribution < 1.29 is 8.78 Å². The van der Waals surface area contributed by atoms with Crippen LogP contribution in [0.25, 0.3) is 16.2 Å². The molecule has 0 bridgehead atoms. The first kappa shape index (κ1) is 13.7. The van der Waals surface area contributed by atoms with Crippen molar-refractivity contribution in [1.82, 2.24) is 4.98 Å². The molecular weight excluding hydrogens is 266 g/mol. The predicted octanol–water partition coefficient (Wildman–Crippen LogP) is 2.88. The van der Waals surface area contributed by atoms with Crippen LogP contribution in [-0.2, 0) is 0 Å². The summed E-state index contributed by atoms with van der Waals surface area (Å²) in [6, 6.07) is 5.63. The summed E-state index contributed by atoms with van der Waals surface area (Å²) in [7, 11) is 1.87. The van der Waals surface area contributed by atoms with Gasteiger partial charge in [-0.15, -0.1) is 0 Å². The number of hydrogen-bond acceptors (Lipinski definition) is 1. The Labute approximate surface area is 116 Å². The van der Waals surface area contributed by atoms with E-state index >= 15 is 0 Å². The summed E-state index contributed by atoms with van der Waals surface area (Å²) in [4.78, 5) is 4.26. The average molecular weight is 278 g/mol. The Morgan fingerprint density at radius 2 is 1.95 bits per heavy atom. The van der Waals surface area contributed by atoms with Crippen molar-refractivity contribution in [2.45, 2.75) is 6.92 Å². The van der Waals surface area contributed by atoms with Crippen molar-refractivity contribution in [2.24, 2.45) is 0 Å². The Bertz CT molecular complexity index is 656. The first-order valence-corrected chi connectivity index (χ1v) is 6.15. The Kier molecular flexibility index (Phi) is 4.00. The van der Waals surface area contributed by atoms with Crippen LogP contribution in [0.1, 0.15) is 12.6 Å². The van der Waals surface area contributed by atoms with E-state index in [2.05, 4.69) is 4.98 Å². The molecule has 0 amide bonds. The molecule has 19 heavy (non-hydrogen) atoms. The highest BCUT2D eigenvalue weighted by Gasteiger charge is 2.08. The zero-order valence-corrected chi connectivity index (χ0v) is 11.3. The standard InChI is InChI=1S/C14H11BClF2N/c1-2-11(16)14-10(15)5-9(7-19-14)8-3-4-12(17)13(18)6-8/h2-7H,15H2,1H3/b11-2+. The van der Waals surface area contributed by atoms with Gasteiger partial charge in [0.2, 0.25) is 0 Å². The lowest BCUT2D eigenvalue weighted by Crippen LogP contribution is -2.11. The van der Waals surface area contributed by atoms with Gasteiger partial charge in [-0.1, -0.05) is 35.3 Å². The molecule has 0 aliphatic rings. The van der Waals surface area contributed by atoms with E-state index in [1.54, 1.807) is 12.3 Å². The maximum atomic E-state index is 13.2. The average Bonchev–Trinajstić information content (AvgIpc) is 2.41. The third-order valence-corrected chi connectivity index (χ3v) is 3.21. The third kappa shape index (κ3) is 2.84. The number of halogens is 3. The van der Waals surface area contributed by atoms with Gasteiger partial charge in [-0.2, -0.15) is 0 Å². The zero-order chi connectivity index (χ0) is 14.0. The second-order valence-electron chi connectivity index (χ2n) is 4.15.